The van der Waals surface area contributed by atoms with Crippen molar-refractivity contribution >= 4 is 0 Å². The Balaban J connectivity index is 2.42. The van der Waals surface area contributed by atoms with Crippen LogP contribution < -0.4 is 5.73 Å². The van der Waals surface area contributed by atoms with Crippen LogP contribution in [0.3, 0.4) is 0 Å². The van der Waals surface area contributed by atoms with Crippen LogP contribution in [0.2, 0.25) is 0 Å². The maximum Gasteiger partial charge on any atom is 0.0582 e. The minimum Gasteiger partial charge on any atom is -0.393 e. The fraction of sp³-hybridized carbons (Fsp3) is 0.571. The molecule has 2 nitrogen and oxygen atoms in total. The van der Waals surface area contributed by atoms with Gasteiger partial charge >= 0.3 is 0 Å². The molecule has 0 heterocycles. The summed E-state index contributed by atoms with van der Waals surface area (Å²) >= 11 is 0. The fourth-order valence-electron chi connectivity index (χ4n) is 2.57. The van der Waals surface area contributed by atoms with Gasteiger partial charge in [-0.25, -0.2) is 0 Å². The molecule has 0 amide bonds. The van der Waals surface area contributed by atoms with Gasteiger partial charge in [0, 0.05) is 5.54 Å². The number of aliphatic hydroxyl groups is 1. The van der Waals surface area contributed by atoms with Crippen LogP contribution in [-0.4, -0.2) is 11.2 Å². The quantitative estimate of drug-likeness (QED) is 0.761. The number of rotatable bonds is 1. The summed E-state index contributed by atoms with van der Waals surface area (Å²) in [6, 6.07) is 8.34. The molecule has 1 aromatic rings. The number of benzene rings is 1. The highest BCUT2D eigenvalue weighted by Crippen LogP contribution is 2.42. The molecule has 0 radical (unpaired) electrons. The molecular weight excluding hydrogens is 198 g/mol. The van der Waals surface area contributed by atoms with E-state index in [0.717, 1.165) is 0 Å². The minimum absolute atomic E-state index is 0.101. The van der Waals surface area contributed by atoms with Crippen molar-refractivity contribution in [3.63, 3.8) is 0 Å². The van der Waals surface area contributed by atoms with E-state index in [-0.39, 0.29) is 17.1 Å². The van der Waals surface area contributed by atoms with Gasteiger partial charge < -0.3 is 10.8 Å². The monoisotopic (exact) mass is 219 g/mol. The Hall–Kier alpha value is -0.860. The second-order valence-corrected chi connectivity index (χ2v) is 6.01. The van der Waals surface area contributed by atoms with Gasteiger partial charge in [0.05, 0.1) is 6.10 Å². The maximum absolute atomic E-state index is 9.46. The van der Waals surface area contributed by atoms with Crippen LogP contribution in [0.25, 0.3) is 0 Å². The Morgan fingerprint density at radius 1 is 1.25 bits per heavy atom. The lowest BCUT2D eigenvalue weighted by Crippen LogP contribution is -2.52. The molecule has 2 rings (SSSR count). The molecule has 0 atom stereocenters. The van der Waals surface area contributed by atoms with Gasteiger partial charge in [0.25, 0.3) is 0 Å². The van der Waals surface area contributed by atoms with Crippen molar-refractivity contribution in [3.05, 3.63) is 35.4 Å². The molecule has 1 saturated carbocycles. The molecule has 0 saturated heterocycles. The molecule has 0 aliphatic heterocycles. The first-order chi connectivity index (χ1) is 7.33. The van der Waals surface area contributed by atoms with Crippen molar-refractivity contribution in [2.75, 3.05) is 0 Å². The molecule has 1 fully saturated rings. The lowest BCUT2D eigenvalue weighted by molar-refractivity contribution is 0.0201. The Morgan fingerprint density at radius 3 is 2.31 bits per heavy atom. The predicted molar refractivity (Wildman–Crippen MR) is 66.2 cm³/mol. The molecule has 1 aliphatic carbocycles. The van der Waals surface area contributed by atoms with E-state index in [0.29, 0.717) is 12.8 Å². The third kappa shape index (κ3) is 1.87. The first kappa shape index (κ1) is 11.6. The van der Waals surface area contributed by atoms with Gasteiger partial charge in [0.1, 0.15) is 0 Å². The summed E-state index contributed by atoms with van der Waals surface area (Å²) < 4.78 is 0. The largest absolute Gasteiger partial charge is 0.393 e. The molecule has 16 heavy (non-hydrogen) atoms. The Labute approximate surface area is 97.5 Å². The molecule has 0 spiro atoms. The Kier molecular flexibility index (Phi) is 2.59. The second-order valence-electron chi connectivity index (χ2n) is 6.01. The summed E-state index contributed by atoms with van der Waals surface area (Å²) in [5, 5.41) is 9.46. The average Bonchev–Trinajstić information content (AvgIpc) is 2.14. The molecule has 0 unspecified atom stereocenters. The van der Waals surface area contributed by atoms with E-state index in [1.165, 1.54) is 11.1 Å². The van der Waals surface area contributed by atoms with Crippen molar-refractivity contribution in [2.45, 2.75) is 50.7 Å². The highest BCUT2D eigenvalue weighted by atomic mass is 16.3. The van der Waals surface area contributed by atoms with Crippen molar-refractivity contribution in [3.8, 4) is 0 Å². The van der Waals surface area contributed by atoms with E-state index in [4.69, 9.17) is 5.73 Å². The summed E-state index contributed by atoms with van der Waals surface area (Å²) in [5.41, 5.74) is 8.63. The van der Waals surface area contributed by atoms with E-state index in [2.05, 4.69) is 39.0 Å². The fourth-order valence-corrected chi connectivity index (χ4v) is 2.57. The molecule has 2 heteroatoms. The summed E-state index contributed by atoms with van der Waals surface area (Å²) in [7, 11) is 0. The zero-order valence-corrected chi connectivity index (χ0v) is 10.3. The molecular formula is C14H21NO. The van der Waals surface area contributed by atoms with E-state index >= 15 is 0 Å². The molecule has 1 aliphatic rings. The van der Waals surface area contributed by atoms with Gasteiger partial charge in [-0.2, -0.15) is 0 Å². The van der Waals surface area contributed by atoms with Crippen molar-refractivity contribution in [2.24, 2.45) is 5.73 Å². The highest BCUT2D eigenvalue weighted by Gasteiger charge is 2.43. The second kappa shape index (κ2) is 3.57. The zero-order valence-electron chi connectivity index (χ0n) is 10.3. The van der Waals surface area contributed by atoms with Gasteiger partial charge in [0.2, 0.25) is 0 Å². The predicted octanol–water partition coefficient (Wildman–Crippen LogP) is 2.29. The zero-order chi connectivity index (χ0) is 12.0. The smallest absolute Gasteiger partial charge is 0.0582 e. The van der Waals surface area contributed by atoms with Crippen LogP contribution in [-0.2, 0) is 11.0 Å². The third-order valence-electron chi connectivity index (χ3n) is 3.47. The normalized spacial score (nSPS) is 29.9. The van der Waals surface area contributed by atoms with Gasteiger partial charge in [-0.3, -0.25) is 0 Å². The van der Waals surface area contributed by atoms with E-state index in [9.17, 15) is 5.11 Å². The topological polar surface area (TPSA) is 46.2 Å². The van der Waals surface area contributed by atoms with Gasteiger partial charge in [-0.15, -0.1) is 0 Å². The third-order valence-corrected chi connectivity index (χ3v) is 3.47. The van der Waals surface area contributed by atoms with Crippen LogP contribution in [0.15, 0.2) is 24.3 Å². The van der Waals surface area contributed by atoms with Crippen molar-refractivity contribution in [1.29, 1.82) is 0 Å². The number of hydrogen-bond acceptors (Lipinski definition) is 2. The van der Waals surface area contributed by atoms with Gasteiger partial charge in [-0.05, 0) is 29.4 Å². The summed E-state index contributed by atoms with van der Waals surface area (Å²) in [4.78, 5) is 0. The van der Waals surface area contributed by atoms with E-state index < -0.39 is 0 Å². The van der Waals surface area contributed by atoms with Gasteiger partial charge in [0.15, 0.2) is 0 Å². The van der Waals surface area contributed by atoms with Crippen molar-refractivity contribution < 1.29 is 5.11 Å². The Bertz CT molecular complexity index is 386. The Morgan fingerprint density at radius 2 is 1.81 bits per heavy atom. The first-order valence-electron chi connectivity index (χ1n) is 5.90. The minimum atomic E-state index is -0.316. The molecule has 1 aromatic carbocycles. The van der Waals surface area contributed by atoms with E-state index in [1.807, 2.05) is 6.07 Å². The standard InChI is InChI=1S/C14H21NO/c1-13(2,3)11-6-4-5-7-12(11)14(15)8-10(16)9-14/h4-7,10,16H,8-9,15H2,1-3H3. The lowest BCUT2D eigenvalue weighted by atomic mass is 9.66. The van der Waals surface area contributed by atoms with Crippen LogP contribution >= 0.6 is 0 Å². The van der Waals surface area contributed by atoms with Crippen LogP contribution in [0.1, 0.15) is 44.7 Å². The SMILES string of the molecule is CC(C)(C)c1ccccc1C1(N)CC(O)C1. The number of nitrogens with two attached hydrogens (primary N) is 1. The number of aliphatic hydroxyl groups excluding tert-OH is 1. The summed E-state index contributed by atoms with van der Waals surface area (Å²) in [6.45, 7) is 6.60. The van der Waals surface area contributed by atoms with Crippen molar-refractivity contribution in [1.82, 2.24) is 0 Å². The number of hydrogen-bond donors (Lipinski definition) is 2. The van der Waals surface area contributed by atoms with Crippen LogP contribution in [0.5, 0.6) is 0 Å². The first-order valence-corrected chi connectivity index (χ1v) is 5.90. The van der Waals surface area contributed by atoms with Gasteiger partial charge in [-0.1, -0.05) is 45.0 Å². The highest BCUT2D eigenvalue weighted by molar-refractivity contribution is 5.39. The molecule has 3 N–H and O–H groups in total. The van der Waals surface area contributed by atoms with Crippen LogP contribution in [0.4, 0.5) is 0 Å². The van der Waals surface area contributed by atoms with Crippen LogP contribution in [0, 0.1) is 0 Å². The van der Waals surface area contributed by atoms with E-state index in [1.54, 1.807) is 0 Å². The average molecular weight is 219 g/mol. The summed E-state index contributed by atoms with van der Waals surface area (Å²) in [5.74, 6) is 0. The lowest BCUT2D eigenvalue weighted by Gasteiger charge is -2.45. The molecule has 0 bridgehead atoms. The summed E-state index contributed by atoms with van der Waals surface area (Å²) in [6.07, 6.45) is 1.14. The maximum atomic E-state index is 9.46. The molecule has 0 aromatic heterocycles. The molecule has 88 valence electrons.